The Morgan fingerprint density at radius 2 is 0.822 bits per heavy atom. The molecule has 388 valence electrons. The van der Waals surface area contributed by atoms with Crippen LogP contribution in [0.5, 0.6) is 23.0 Å². The zero-order valence-electron chi connectivity index (χ0n) is 37.8. The summed E-state index contributed by atoms with van der Waals surface area (Å²) in [4.78, 5) is 52.2. The van der Waals surface area contributed by atoms with Crippen LogP contribution < -0.4 is 30.4 Å². The van der Waals surface area contributed by atoms with Crippen LogP contribution >= 0.6 is 0 Å². The molecule has 0 aliphatic heterocycles. The first-order chi connectivity index (χ1) is 34.2. The summed E-state index contributed by atoms with van der Waals surface area (Å²) >= 11 is 0. The predicted octanol–water partition coefficient (Wildman–Crippen LogP) is 10.4. The minimum Gasteiger partial charge on any atom is -0.494 e. The number of alkyl halides is 10. The van der Waals surface area contributed by atoms with Gasteiger partial charge in [0.2, 0.25) is 0 Å². The number of benzene rings is 5. The van der Waals surface area contributed by atoms with Crippen LogP contribution in [0.25, 0.3) is 12.2 Å². The smallest absolute Gasteiger partial charge is 0.453 e. The molecule has 0 bridgehead atoms. The fourth-order valence-corrected chi connectivity index (χ4v) is 6.59. The zero-order chi connectivity index (χ0) is 53.7. The lowest BCUT2D eigenvalue weighted by Crippen LogP contribution is -2.38. The number of halogens is 10. The van der Waals surface area contributed by atoms with Crippen molar-refractivity contribution in [2.75, 3.05) is 24.7 Å². The van der Waals surface area contributed by atoms with Gasteiger partial charge in [-0.25, -0.2) is 9.59 Å². The monoisotopic (exact) mass is 1030 g/mol. The lowest BCUT2D eigenvalue weighted by molar-refractivity contribution is -0.284. The molecular weight excluding hydrogens is 991 g/mol. The highest BCUT2D eigenvalue weighted by Gasteiger charge is 2.57. The molecule has 2 atom stereocenters. The molecule has 0 saturated carbocycles. The third-order valence-electron chi connectivity index (χ3n) is 10.5. The van der Waals surface area contributed by atoms with Crippen molar-refractivity contribution in [3.05, 3.63) is 155 Å². The van der Waals surface area contributed by atoms with E-state index < -0.39 is 105 Å². The Labute approximate surface area is 409 Å². The SMILES string of the molecule is Nc1cc(N)cc(C(C(O)C(=O)/C=C/c2ccc(OC(=O)c3ccc(OCCCC(F)(F)C(F)(F)F)cc3)cc2)C(O)C(=O)/C=C/c2ccc(OC(=O)c3ccc(OCCCC(F)(F)C(F)(F)F)cc3)cc2)c1. The van der Waals surface area contributed by atoms with Crippen LogP contribution in [0.2, 0.25) is 0 Å². The van der Waals surface area contributed by atoms with Crippen LogP contribution in [-0.4, -0.2) is 83.3 Å². The first-order valence-corrected chi connectivity index (χ1v) is 21.7. The average molecular weight is 1030 g/mol. The topological polar surface area (TPSA) is 198 Å². The quantitative estimate of drug-likeness (QED) is 0.0121. The van der Waals surface area contributed by atoms with Crippen molar-refractivity contribution in [2.45, 2.75) is 68.0 Å². The van der Waals surface area contributed by atoms with Gasteiger partial charge in [-0.05, 0) is 133 Å². The second-order valence-electron chi connectivity index (χ2n) is 16.1. The minimum absolute atomic E-state index is 0.0481. The lowest BCUT2D eigenvalue weighted by atomic mass is 9.83. The molecule has 0 aromatic heterocycles. The van der Waals surface area contributed by atoms with Crippen molar-refractivity contribution >= 4 is 47.0 Å². The van der Waals surface area contributed by atoms with E-state index in [1.54, 1.807) is 0 Å². The standard InChI is InChI=1S/C51H44F10N2O10/c52-48(53,50(56,57)58)23-1-25-70-37-17-9-32(10-18-37)46(68)72-39-13-3-30(4-14-39)7-21-41(64)44(66)43(34-27-35(62)29-36(63)28-34)45(67)42(65)22-8-31-5-15-40(16-6-31)73-47(69)33-11-19-38(20-12-33)71-26-2-24-49(54,55)51(59,60)61/h3-22,27-29,43-45,66-67H,1-2,23-26,62-63H2/b21-7+,22-8+. The third-order valence-corrected chi connectivity index (χ3v) is 10.5. The largest absolute Gasteiger partial charge is 0.494 e. The van der Waals surface area contributed by atoms with Gasteiger partial charge in [0.15, 0.2) is 11.6 Å². The summed E-state index contributed by atoms with van der Waals surface area (Å²) in [6.07, 6.45) is -14.9. The number of rotatable bonds is 23. The van der Waals surface area contributed by atoms with Crippen LogP contribution in [0.3, 0.4) is 0 Å². The Balaban J connectivity index is 1.14. The highest BCUT2D eigenvalue weighted by molar-refractivity contribution is 6.01. The molecule has 6 N–H and O–H groups in total. The van der Waals surface area contributed by atoms with E-state index in [4.69, 9.17) is 30.4 Å². The van der Waals surface area contributed by atoms with Crippen LogP contribution in [0.4, 0.5) is 55.3 Å². The second-order valence-corrected chi connectivity index (χ2v) is 16.1. The van der Waals surface area contributed by atoms with Gasteiger partial charge in [0.25, 0.3) is 0 Å². The summed E-state index contributed by atoms with van der Waals surface area (Å²) < 4.78 is 148. The van der Waals surface area contributed by atoms with Crippen molar-refractivity contribution in [2.24, 2.45) is 0 Å². The molecule has 0 aliphatic carbocycles. The molecule has 0 aliphatic rings. The number of nitrogen functional groups attached to an aromatic ring is 2. The summed E-state index contributed by atoms with van der Waals surface area (Å²) in [6.45, 7) is -0.865. The maximum atomic E-state index is 13.4. The van der Waals surface area contributed by atoms with Gasteiger partial charge < -0.3 is 40.6 Å². The summed E-state index contributed by atoms with van der Waals surface area (Å²) in [5, 5.41) is 22.6. The molecule has 0 saturated heterocycles. The first-order valence-electron chi connectivity index (χ1n) is 21.7. The van der Waals surface area contributed by atoms with Gasteiger partial charge in [-0.2, -0.15) is 43.9 Å². The highest BCUT2D eigenvalue weighted by atomic mass is 19.4. The molecular formula is C51H44F10N2O10. The number of carbonyl (C=O) groups excluding carboxylic acids is 4. The molecule has 0 spiro atoms. The van der Waals surface area contributed by atoms with Crippen LogP contribution in [-0.2, 0) is 9.59 Å². The van der Waals surface area contributed by atoms with Gasteiger partial charge in [0, 0.05) is 24.2 Å². The normalized spacial score (nSPS) is 13.6. The number of aliphatic hydroxyl groups is 2. The number of ketones is 2. The minimum atomic E-state index is -5.67. The summed E-state index contributed by atoms with van der Waals surface area (Å²) in [7, 11) is 0. The average Bonchev–Trinajstić information content (AvgIpc) is 3.33. The summed E-state index contributed by atoms with van der Waals surface area (Å²) in [6, 6.07) is 25.8. The van der Waals surface area contributed by atoms with Gasteiger partial charge in [0.05, 0.1) is 30.3 Å². The van der Waals surface area contributed by atoms with Gasteiger partial charge in [-0.3, -0.25) is 9.59 Å². The number of ether oxygens (including phenoxy) is 4. The van der Waals surface area contributed by atoms with Crippen molar-refractivity contribution in [3.8, 4) is 23.0 Å². The number of aliphatic hydroxyl groups excluding tert-OH is 2. The van der Waals surface area contributed by atoms with Gasteiger partial charge in [0.1, 0.15) is 35.2 Å². The maximum Gasteiger partial charge on any atom is 0.453 e. The Morgan fingerprint density at radius 1 is 0.493 bits per heavy atom. The van der Waals surface area contributed by atoms with E-state index >= 15 is 0 Å². The molecule has 22 heteroatoms. The Morgan fingerprint density at radius 3 is 1.15 bits per heavy atom. The molecule has 73 heavy (non-hydrogen) atoms. The third kappa shape index (κ3) is 16.1. The number of nitrogens with two attached hydrogens (primary N) is 2. The Kier molecular flexibility index (Phi) is 18.6. The maximum absolute atomic E-state index is 13.4. The lowest BCUT2D eigenvalue weighted by Gasteiger charge is -2.26. The molecule has 12 nitrogen and oxygen atoms in total. The number of hydrogen-bond donors (Lipinski definition) is 4. The molecule has 5 aromatic carbocycles. The Bertz CT molecular complexity index is 2560. The molecule has 0 heterocycles. The number of anilines is 2. The second kappa shape index (κ2) is 24.1. The van der Waals surface area contributed by atoms with E-state index in [0.717, 1.165) is 12.2 Å². The van der Waals surface area contributed by atoms with E-state index in [1.807, 2.05) is 0 Å². The molecule has 0 amide bonds. The van der Waals surface area contributed by atoms with Crippen LogP contribution in [0.1, 0.15) is 69.0 Å². The molecule has 2 unspecified atom stereocenters. The fraction of sp³-hybridized carbons (Fsp3) is 0.255. The summed E-state index contributed by atoms with van der Waals surface area (Å²) in [5.74, 6) is -14.4. The van der Waals surface area contributed by atoms with Crippen molar-refractivity contribution in [1.29, 1.82) is 0 Å². The van der Waals surface area contributed by atoms with Gasteiger partial charge in [-0.1, -0.05) is 36.4 Å². The van der Waals surface area contributed by atoms with Crippen molar-refractivity contribution in [1.82, 2.24) is 0 Å². The number of carbonyl (C=O) groups is 4. The van der Waals surface area contributed by atoms with Crippen LogP contribution in [0.15, 0.2) is 127 Å². The van der Waals surface area contributed by atoms with Crippen molar-refractivity contribution in [3.63, 3.8) is 0 Å². The van der Waals surface area contributed by atoms with E-state index in [1.165, 1.54) is 127 Å². The fourth-order valence-electron chi connectivity index (χ4n) is 6.59. The van der Waals surface area contributed by atoms with E-state index in [2.05, 4.69) is 0 Å². The first kappa shape index (κ1) is 56.2. The van der Waals surface area contributed by atoms with E-state index in [9.17, 15) is 73.3 Å². The number of esters is 2. The summed E-state index contributed by atoms with van der Waals surface area (Å²) in [5.41, 5.74) is 13.1. The molecule has 5 rings (SSSR count). The van der Waals surface area contributed by atoms with Gasteiger partial charge in [-0.15, -0.1) is 0 Å². The zero-order valence-corrected chi connectivity index (χ0v) is 37.8. The van der Waals surface area contributed by atoms with Crippen molar-refractivity contribution < 1.29 is 92.2 Å². The predicted molar refractivity (Wildman–Crippen MR) is 245 cm³/mol. The molecule has 5 aromatic rings. The molecule has 0 radical (unpaired) electrons. The number of hydrogen-bond acceptors (Lipinski definition) is 12. The molecule has 0 fully saturated rings. The van der Waals surface area contributed by atoms with E-state index in [-0.39, 0.29) is 51.1 Å². The van der Waals surface area contributed by atoms with E-state index in [0.29, 0.717) is 11.1 Å². The van der Waals surface area contributed by atoms with Gasteiger partial charge >= 0.3 is 36.1 Å². The highest BCUT2D eigenvalue weighted by Crippen LogP contribution is 2.40. The Hall–Kier alpha value is -7.72. The van der Waals surface area contributed by atoms with Crippen LogP contribution in [0, 0.1) is 0 Å².